The molecule has 0 aliphatic rings. The third-order valence-electron chi connectivity index (χ3n) is 2.10. The van der Waals surface area contributed by atoms with Gasteiger partial charge in [0.15, 0.2) is 6.33 Å². The fourth-order valence-corrected chi connectivity index (χ4v) is 2.41. The van der Waals surface area contributed by atoms with Crippen molar-refractivity contribution in [3.8, 4) is 0 Å². The first-order valence-electron chi connectivity index (χ1n) is 5.02. The number of hydrogen-bond donors (Lipinski definition) is 1. The van der Waals surface area contributed by atoms with Crippen LogP contribution in [0.3, 0.4) is 0 Å². The van der Waals surface area contributed by atoms with Gasteiger partial charge in [0, 0.05) is 34.7 Å². The van der Waals surface area contributed by atoms with Gasteiger partial charge in [0.25, 0.3) is 0 Å². The molecule has 0 unspecified atom stereocenters. The van der Waals surface area contributed by atoms with Crippen LogP contribution in [0.25, 0.3) is 0 Å². The molecule has 90 valence electrons. The Morgan fingerprint density at radius 3 is 2.88 bits per heavy atom. The fraction of sp³-hybridized carbons (Fsp3) is 0.300. The lowest BCUT2D eigenvalue weighted by molar-refractivity contribution is 0.374. The number of nitrogens with zero attached hydrogens (tertiary/aromatic N) is 3. The summed E-state index contributed by atoms with van der Waals surface area (Å²) in [5.41, 5.74) is 0.971. The number of rotatable bonds is 5. The number of aromatic nitrogens is 3. The van der Waals surface area contributed by atoms with Crippen LogP contribution in [-0.4, -0.2) is 21.7 Å². The molecular formula is C10H10Br2N4O. The van der Waals surface area contributed by atoms with E-state index < -0.39 is 0 Å². The van der Waals surface area contributed by atoms with Crippen molar-refractivity contribution in [3.05, 3.63) is 39.1 Å². The molecular weight excluding hydrogens is 352 g/mol. The van der Waals surface area contributed by atoms with Crippen LogP contribution in [-0.2, 0) is 13.0 Å². The minimum absolute atomic E-state index is 0.639. The third kappa shape index (κ3) is 3.86. The minimum Gasteiger partial charge on any atom is -0.340 e. The first-order chi connectivity index (χ1) is 8.25. The van der Waals surface area contributed by atoms with Gasteiger partial charge < -0.3 is 9.84 Å². The first kappa shape index (κ1) is 12.7. The van der Waals surface area contributed by atoms with Gasteiger partial charge in [0.05, 0.1) is 5.69 Å². The van der Waals surface area contributed by atoms with Gasteiger partial charge in [-0.05, 0) is 37.9 Å². The van der Waals surface area contributed by atoms with Crippen LogP contribution in [0.4, 0.5) is 0 Å². The molecule has 0 fully saturated rings. The monoisotopic (exact) mass is 360 g/mol. The highest BCUT2D eigenvalue weighted by molar-refractivity contribution is 9.11. The smallest absolute Gasteiger partial charge is 0.227 e. The second kappa shape index (κ2) is 6.23. The molecule has 0 aliphatic carbocycles. The van der Waals surface area contributed by atoms with Crippen molar-refractivity contribution < 1.29 is 4.52 Å². The zero-order chi connectivity index (χ0) is 12.1. The van der Waals surface area contributed by atoms with E-state index in [-0.39, 0.29) is 0 Å². The van der Waals surface area contributed by atoms with Crippen LogP contribution in [0.15, 0.2) is 32.1 Å². The normalized spacial score (nSPS) is 10.7. The number of nitrogens with one attached hydrogen (secondary N) is 1. The summed E-state index contributed by atoms with van der Waals surface area (Å²) >= 11 is 6.83. The fourth-order valence-electron chi connectivity index (χ4n) is 1.28. The van der Waals surface area contributed by atoms with Crippen molar-refractivity contribution >= 4 is 31.9 Å². The zero-order valence-electron chi connectivity index (χ0n) is 8.86. The Kier molecular flexibility index (Phi) is 4.64. The summed E-state index contributed by atoms with van der Waals surface area (Å²) in [6.07, 6.45) is 3.90. The maximum absolute atomic E-state index is 4.89. The van der Waals surface area contributed by atoms with E-state index in [9.17, 15) is 0 Å². The second-order valence-electron chi connectivity index (χ2n) is 3.34. The van der Waals surface area contributed by atoms with Crippen LogP contribution in [0, 0.1) is 0 Å². The molecule has 2 aromatic heterocycles. The molecule has 0 spiro atoms. The number of halogens is 2. The van der Waals surface area contributed by atoms with Crippen LogP contribution in [0.2, 0.25) is 0 Å². The molecule has 5 nitrogen and oxygen atoms in total. The van der Waals surface area contributed by atoms with E-state index in [1.165, 1.54) is 6.33 Å². The molecule has 2 heterocycles. The first-order valence-corrected chi connectivity index (χ1v) is 6.60. The van der Waals surface area contributed by atoms with Gasteiger partial charge in [-0.3, -0.25) is 4.98 Å². The van der Waals surface area contributed by atoms with Crippen LogP contribution < -0.4 is 5.32 Å². The molecule has 0 saturated heterocycles. The molecule has 17 heavy (non-hydrogen) atoms. The quantitative estimate of drug-likeness (QED) is 0.828. The molecule has 0 radical (unpaired) electrons. The number of hydrogen-bond acceptors (Lipinski definition) is 5. The predicted octanol–water partition coefficient (Wildman–Crippen LogP) is 2.32. The molecule has 0 bridgehead atoms. The Morgan fingerprint density at radius 1 is 1.29 bits per heavy atom. The van der Waals surface area contributed by atoms with Crippen molar-refractivity contribution in [1.29, 1.82) is 0 Å². The van der Waals surface area contributed by atoms with E-state index in [2.05, 4.69) is 52.3 Å². The molecule has 1 N–H and O–H groups in total. The Bertz CT molecular complexity index is 475. The van der Waals surface area contributed by atoms with Gasteiger partial charge in [-0.2, -0.15) is 4.98 Å². The van der Waals surface area contributed by atoms with Crippen LogP contribution in [0.1, 0.15) is 11.6 Å². The van der Waals surface area contributed by atoms with Crippen molar-refractivity contribution in [2.75, 3.05) is 6.54 Å². The van der Waals surface area contributed by atoms with E-state index in [1.807, 2.05) is 6.07 Å². The van der Waals surface area contributed by atoms with Crippen molar-refractivity contribution in [3.63, 3.8) is 0 Å². The van der Waals surface area contributed by atoms with Gasteiger partial charge in [-0.15, -0.1) is 0 Å². The maximum Gasteiger partial charge on any atom is 0.227 e. The molecule has 0 saturated carbocycles. The standard InChI is InChI=1S/C10H10Br2N4O/c11-7-3-8(12)9(14-4-7)5-13-2-1-10-15-6-16-17-10/h3-4,6,13H,1-2,5H2. The van der Waals surface area contributed by atoms with Gasteiger partial charge >= 0.3 is 0 Å². The SMILES string of the molecule is Brc1cnc(CNCCc2ncno2)c(Br)c1. The summed E-state index contributed by atoms with van der Waals surface area (Å²) in [6.45, 7) is 1.47. The van der Waals surface area contributed by atoms with Crippen LogP contribution in [0.5, 0.6) is 0 Å². The lowest BCUT2D eigenvalue weighted by Crippen LogP contribution is -2.17. The highest BCUT2D eigenvalue weighted by atomic mass is 79.9. The van der Waals surface area contributed by atoms with E-state index in [1.54, 1.807) is 6.20 Å². The van der Waals surface area contributed by atoms with Gasteiger partial charge in [-0.1, -0.05) is 5.16 Å². The predicted molar refractivity (Wildman–Crippen MR) is 69.3 cm³/mol. The Hall–Kier alpha value is -0.790. The largest absolute Gasteiger partial charge is 0.340 e. The van der Waals surface area contributed by atoms with Crippen LogP contribution >= 0.6 is 31.9 Å². The molecule has 0 amide bonds. The van der Waals surface area contributed by atoms with Gasteiger partial charge in [0.2, 0.25) is 5.89 Å². The Labute approximate surface area is 115 Å². The molecule has 7 heteroatoms. The summed E-state index contributed by atoms with van der Waals surface area (Å²) in [5, 5.41) is 6.81. The summed E-state index contributed by atoms with van der Waals surface area (Å²) in [7, 11) is 0. The molecule has 0 aliphatic heterocycles. The van der Waals surface area contributed by atoms with E-state index in [0.717, 1.165) is 21.2 Å². The minimum atomic E-state index is 0.639. The maximum atomic E-state index is 4.89. The average Bonchev–Trinajstić information content (AvgIpc) is 2.79. The molecule has 0 atom stereocenters. The summed E-state index contributed by atoms with van der Waals surface area (Å²) < 4.78 is 6.83. The average molecular weight is 362 g/mol. The molecule has 2 rings (SSSR count). The van der Waals surface area contributed by atoms with Gasteiger partial charge in [-0.25, -0.2) is 0 Å². The summed E-state index contributed by atoms with van der Waals surface area (Å²) in [4.78, 5) is 8.25. The molecule has 2 aromatic rings. The summed E-state index contributed by atoms with van der Waals surface area (Å²) in [6, 6.07) is 1.97. The highest BCUT2D eigenvalue weighted by Crippen LogP contribution is 2.19. The van der Waals surface area contributed by atoms with Crippen molar-refractivity contribution in [2.45, 2.75) is 13.0 Å². The van der Waals surface area contributed by atoms with Crippen molar-refractivity contribution in [1.82, 2.24) is 20.4 Å². The van der Waals surface area contributed by atoms with E-state index >= 15 is 0 Å². The lowest BCUT2D eigenvalue weighted by atomic mass is 10.3. The van der Waals surface area contributed by atoms with Gasteiger partial charge in [0.1, 0.15) is 0 Å². The lowest BCUT2D eigenvalue weighted by Gasteiger charge is -2.05. The highest BCUT2D eigenvalue weighted by Gasteiger charge is 2.03. The second-order valence-corrected chi connectivity index (χ2v) is 5.11. The van der Waals surface area contributed by atoms with Crippen molar-refractivity contribution in [2.24, 2.45) is 0 Å². The topological polar surface area (TPSA) is 63.8 Å². The number of pyridine rings is 1. The third-order valence-corrected chi connectivity index (χ3v) is 3.22. The van der Waals surface area contributed by atoms with E-state index in [4.69, 9.17) is 4.52 Å². The summed E-state index contributed by atoms with van der Waals surface area (Å²) in [5.74, 6) is 0.639. The zero-order valence-corrected chi connectivity index (χ0v) is 12.0. The Morgan fingerprint density at radius 2 is 2.18 bits per heavy atom. The Balaban J connectivity index is 1.78. The molecule has 0 aromatic carbocycles. The van der Waals surface area contributed by atoms with E-state index in [0.29, 0.717) is 18.9 Å².